The molecule has 0 aliphatic carbocycles. The predicted molar refractivity (Wildman–Crippen MR) is 84.8 cm³/mol. The molecule has 130 valence electrons. The van der Waals surface area contributed by atoms with Gasteiger partial charge in [0.05, 0.1) is 19.1 Å². The van der Waals surface area contributed by atoms with Crippen LogP contribution in [0.1, 0.15) is 5.56 Å². The third kappa shape index (κ3) is 4.42. The highest BCUT2D eigenvalue weighted by molar-refractivity contribution is 7.89. The second kappa shape index (κ2) is 7.59. The zero-order valence-electron chi connectivity index (χ0n) is 13.2. The monoisotopic (exact) mass is 357 g/mol. The van der Waals surface area contributed by atoms with Crippen LogP contribution < -0.4 is 14.2 Å². The van der Waals surface area contributed by atoms with Gasteiger partial charge in [0.15, 0.2) is 11.6 Å². The molecule has 0 atom stereocenters. The summed E-state index contributed by atoms with van der Waals surface area (Å²) in [4.78, 5) is -0.329. The molecule has 0 saturated carbocycles. The third-order valence-electron chi connectivity index (χ3n) is 3.32. The fourth-order valence-corrected chi connectivity index (χ4v) is 3.11. The van der Waals surface area contributed by atoms with E-state index in [2.05, 4.69) is 4.72 Å². The predicted octanol–water partition coefficient (Wildman–Crippen LogP) is 2.50. The number of nitrogens with one attached hydrogen (secondary N) is 1. The second-order valence-corrected chi connectivity index (χ2v) is 6.71. The Bertz CT molecular complexity index is 803. The number of methoxy groups -OCH3 is 2. The van der Waals surface area contributed by atoms with Crippen LogP contribution in [0.25, 0.3) is 0 Å². The molecule has 0 bridgehead atoms. The normalized spacial score (nSPS) is 11.3. The molecule has 0 heterocycles. The lowest BCUT2D eigenvalue weighted by Gasteiger charge is -2.10. The highest BCUT2D eigenvalue weighted by Gasteiger charge is 2.16. The van der Waals surface area contributed by atoms with Crippen LogP contribution in [0.3, 0.4) is 0 Å². The quantitative estimate of drug-likeness (QED) is 0.827. The van der Waals surface area contributed by atoms with Gasteiger partial charge in [-0.15, -0.1) is 0 Å². The van der Waals surface area contributed by atoms with E-state index in [0.717, 1.165) is 17.7 Å². The number of sulfonamides is 1. The molecule has 5 nitrogen and oxygen atoms in total. The first-order chi connectivity index (χ1) is 11.4. The SMILES string of the molecule is COc1cc(CCNS(=O)(=O)c2ccc(F)c(F)c2)cc(OC)c1. The molecular weight excluding hydrogens is 340 g/mol. The smallest absolute Gasteiger partial charge is 0.240 e. The molecule has 1 N–H and O–H groups in total. The van der Waals surface area contributed by atoms with Gasteiger partial charge in [0.1, 0.15) is 11.5 Å². The fourth-order valence-electron chi connectivity index (χ4n) is 2.07. The maximum atomic E-state index is 13.2. The Morgan fingerprint density at radius 3 is 2.12 bits per heavy atom. The van der Waals surface area contributed by atoms with Gasteiger partial charge < -0.3 is 9.47 Å². The number of halogens is 2. The maximum absolute atomic E-state index is 13.2. The van der Waals surface area contributed by atoms with Gasteiger partial charge in [0.2, 0.25) is 10.0 Å². The maximum Gasteiger partial charge on any atom is 0.240 e. The Balaban J connectivity index is 2.06. The van der Waals surface area contributed by atoms with E-state index < -0.39 is 21.7 Å². The largest absolute Gasteiger partial charge is 0.497 e. The molecule has 24 heavy (non-hydrogen) atoms. The Morgan fingerprint density at radius 1 is 0.958 bits per heavy atom. The van der Waals surface area contributed by atoms with Gasteiger partial charge in [-0.1, -0.05) is 0 Å². The van der Waals surface area contributed by atoms with Crippen molar-refractivity contribution < 1.29 is 26.7 Å². The molecule has 0 radical (unpaired) electrons. The first-order valence-corrected chi connectivity index (χ1v) is 8.50. The van der Waals surface area contributed by atoms with E-state index in [4.69, 9.17) is 9.47 Å². The first kappa shape index (κ1) is 18.2. The Morgan fingerprint density at radius 2 is 1.58 bits per heavy atom. The molecule has 0 fully saturated rings. The van der Waals surface area contributed by atoms with E-state index in [1.807, 2.05) is 0 Å². The van der Waals surface area contributed by atoms with E-state index in [1.54, 1.807) is 18.2 Å². The average molecular weight is 357 g/mol. The lowest BCUT2D eigenvalue weighted by molar-refractivity contribution is 0.393. The van der Waals surface area contributed by atoms with Crippen molar-refractivity contribution in [3.05, 3.63) is 53.6 Å². The van der Waals surface area contributed by atoms with Crippen LogP contribution in [0.2, 0.25) is 0 Å². The highest BCUT2D eigenvalue weighted by atomic mass is 32.2. The molecule has 2 aromatic rings. The van der Waals surface area contributed by atoms with Crippen LogP contribution in [0.4, 0.5) is 8.78 Å². The van der Waals surface area contributed by atoms with Gasteiger partial charge in [-0.2, -0.15) is 0 Å². The van der Waals surface area contributed by atoms with Gasteiger partial charge in [-0.25, -0.2) is 21.9 Å². The standard InChI is InChI=1S/C16H17F2NO4S/c1-22-12-7-11(8-13(9-12)23-2)5-6-19-24(20,21)14-3-4-15(17)16(18)10-14/h3-4,7-10,19H,5-6H2,1-2H3. The Hall–Kier alpha value is -2.19. The van der Waals surface area contributed by atoms with Crippen LogP contribution in [0, 0.1) is 11.6 Å². The zero-order valence-corrected chi connectivity index (χ0v) is 14.0. The average Bonchev–Trinajstić information content (AvgIpc) is 2.56. The molecule has 0 amide bonds. The summed E-state index contributed by atoms with van der Waals surface area (Å²) in [7, 11) is -0.884. The molecule has 0 aliphatic rings. The van der Waals surface area contributed by atoms with E-state index >= 15 is 0 Å². The Kier molecular flexibility index (Phi) is 5.74. The van der Waals surface area contributed by atoms with Crippen molar-refractivity contribution in [1.29, 1.82) is 0 Å². The summed E-state index contributed by atoms with van der Waals surface area (Å²) in [6.07, 6.45) is 0.371. The Labute approximate surface area is 139 Å². The van der Waals surface area contributed by atoms with Crippen molar-refractivity contribution in [3.8, 4) is 11.5 Å². The summed E-state index contributed by atoms with van der Waals surface area (Å²) in [5.74, 6) is -1.13. The van der Waals surface area contributed by atoms with Gasteiger partial charge >= 0.3 is 0 Å². The summed E-state index contributed by atoms with van der Waals surface area (Å²) in [5, 5.41) is 0. The summed E-state index contributed by atoms with van der Waals surface area (Å²) in [5.41, 5.74) is 0.805. The van der Waals surface area contributed by atoms with Gasteiger partial charge in [-0.3, -0.25) is 0 Å². The summed E-state index contributed by atoms with van der Waals surface area (Å²) in [6, 6.07) is 7.65. The topological polar surface area (TPSA) is 64.6 Å². The third-order valence-corrected chi connectivity index (χ3v) is 4.78. The lowest BCUT2D eigenvalue weighted by atomic mass is 10.1. The molecule has 0 unspecified atom stereocenters. The number of hydrogen-bond acceptors (Lipinski definition) is 4. The van der Waals surface area contributed by atoms with Crippen LogP contribution in [0.5, 0.6) is 11.5 Å². The minimum absolute atomic E-state index is 0.0810. The summed E-state index contributed by atoms with van der Waals surface area (Å²) < 4.78 is 62.9. The molecule has 0 spiro atoms. The van der Waals surface area contributed by atoms with Crippen LogP contribution in [-0.2, 0) is 16.4 Å². The molecule has 2 aromatic carbocycles. The van der Waals surface area contributed by atoms with Crippen molar-refractivity contribution in [3.63, 3.8) is 0 Å². The van der Waals surface area contributed by atoms with Gasteiger partial charge in [0, 0.05) is 12.6 Å². The lowest BCUT2D eigenvalue weighted by Crippen LogP contribution is -2.26. The van der Waals surface area contributed by atoms with E-state index in [-0.39, 0.29) is 11.4 Å². The minimum atomic E-state index is -3.92. The van der Waals surface area contributed by atoms with Crippen molar-refractivity contribution in [1.82, 2.24) is 4.72 Å². The molecular formula is C16H17F2NO4S. The summed E-state index contributed by atoms with van der Waals surface area (Å²) in [6.45, 7) is 0.0810. The van der Waals surface area contributed by atoms with Crippen molar-refractivity contribution in [2.24, 2.45) is 0 Å². The van der Waals surface area contributed by atoms with Crippen molar-refractivity contribution >= 4 is 10.0 Å². The number of rotatable bonds is 7. The number of ether oxygens (including phenoxy) is 2. The number of hydrogen-bond donors (Lipinski definition) is 1. The van der Waals surface area contributed by atoms with Crippen LogP contribution in [-0.4, -0.2) is 29.2 Å². The minimum Gasteiger partial charge on any atom is -0.497 e. The van der Waals surface area contributed by atoms with Crippen molar-refractivity contribution in [2.75, 3.05) is 20.8 Å². The number of benzene rings is 2. The molecule has 0 aromatic heterocycles. The molecule has 8 heteroatoms. The molecule has 2 rings (SSSR count). The molecule has 0 saturated heterocycles. The van der Waals surface area contributed by atoms with Crippen LogP contribution >= 0.6 is 0 Å². The van der Waals surface area contributed by atoms with Crippen molar-refractivity contribution in [2.45, 2.75) is 11.3 Å². The zero-order chi connectivity index (χ0) is 17.7. The first-order valence-electron chi connectivity index (χ1n) is 7.02. The second-order valence-electron chi connectivity index (χ2n) is 4.94. The van der Waals surface area contributed by atoms with Gasteiger partial charge in [-0.05, 0) is 42.3 Å². The summed E-state index contributed by atoms with van der Waals surface area (Å²) >= 11 is 0. The molecule has 0 aliphatic heterocycles. The van der Waals surface area contributed by atoms with E-state index in [9.17, 15) is 17.2 Å². The highest BCUT2D eigenvalue weighted by Crippen LogP contribution is 2.22. The van der Waals surface area contributed by atoms with E-state index in [0.29, 0.717) is 24.0 Å². The van der Waals surface area contributed by atoms with Crippen LogP contribution in [0.15, 0.2) is 41.3 Å². The van der Waals surface area contributed by atoms with Gasteiger partial charge in [0.25, 0.3) is 0 Å². The van der Waals surface area contributed by atoms with E-state index in [1.165, 1.54) is 14.2 Å². The fraction of sp³-hybridized carbons (Fsp3) is 0.250.